The molecule has 6 atom stereocenters. The third-order valence-electron chi connectivity index (χ3n) is 8.09. The summed E-state index contributed by atoms with van der Waals surface area (Å²) in [6, 6.07) is 0. The van der Waals surface area contributed by atoms with Crippen LogP contribution in [0.5, 0.6) is 0 Å². The molecule has 0 bridgehead atoms. The van der Waals surface area contributed by atoms with Crippen molar-refractivity contribution < 1.29 is 19.4 Å². The molecule has 4 nitrogen and oxygen atoms in total. The summed E-state index contributed by atoms with van der Waals surface area (Å²) in [6.45, 7) is 4.76. The number of carbonyl (C=O) groups excluding carboxylic acids is 2. The van der Waals surface area contributed by atoms with Gasteiger partial charge in [0, 0.05) is 17.4 Å². The molecule has 3 fully saturated rings. The molecule has 24 heavy (non-hydrogen) atoms. The van der Waals surface area contributed by atoms with E-state index in [1.54, 1.807) is 6.08 Å². The maximum Gasteiger partial charge on any atom is 0.330 e. The van der Waals surface area contributed by atoms with Crippen molar-refractivity contribution >= 4 is 11.8 Å². The molecule has 0 spiro atoms. The lowest BCUT2D eigenvalue weighted by atomic mass is 9.48. The molecule has 4 unspecified atom stereocenters. The van der Waals surface area contributed by atoms with Gasteiger partial charge in [-0.05, 0) is 61.7 Å². The Labute approximate surface area is 143 Å². The van der Waals surface area contributed by atoms with Gasteiger partial charge >= 0.3 is 5.97 Å². The van der Waals surface area contributed by atoms with Gasteiger partial charge in [-0.2, -0.15) is 0 Å². The van der Waals surface area contributed by atoms with Gasteiger partial charge < -0.3 is 9.84 Å². The van der Waals surface area contributed by atoms with Gasteiger partial charge in [-0.25, -0.2) is 4.79 Å². The second-order valence-electron chi connectivity index (χ2n) is 8.91. The third-order valence-corrected chi connectivity index (χ3v) is 8.09. The topological polar surface area (TPSA) is 63.6 Å². The zero-order valence-electron chi connectivity index (χ0n) is 14.7. The van der Waals surface area contributed by atoms with Crippen LogP contribution in [0, 0.1) is 34.5 Å². The third kappa shape index (κ3) is 2.08. The van der Waals surface area contributed by atoms with Crippen molar-refractivity contribution in [2.24, 2.45) is 34.5 Å². The molecule has 3 saturated carbocycles. The Morgan fingerprint density at radius 3 is 2.79 bits per heavy atom. The summed E-state index contributed by atoms with van der Waals surface area (Å²) in [4.78, 5) is 23.9. The number of aliphatic hydroxyl groups excluding tert-OH is 1. The predicted molar refractivity (Wildman–Crippen MR) is 89.0 cm³/mol. The smallest absolute Gasteiger partial charge is 0.330 e. The van der Waals surface area contributed by atoms with E-state index in [9.17, 15) is 14.7 Å². The van der Waals surface area contributed by atoms with Gasteiger partial charge in [0.25, 0.3) is 0 Å². The molecule has 0 saturated heterocycles. The first-order valence-corrected chi connectivity index (χ1v) is 9.41. The van der Waals surface area contributed by atoms with Gasteiger partial charge in [-0.15, -0.1) is 0 Å². The Kier molecular flexibility index (Phi) is 3.68. The van der Waals surface area contributed by atoms with Crippen LogP contribution in [0.2, 0.25) is 0 Å². The van der Waals surface area contributed by atoms with Crippen LogP contribution in [0.15, 0.2) is 11.6 Å². The van der Waals surface area contributed by atoms with E-state index in [4.69, 9.17) is 4.74 Å². The van der Waals surface area contributed by atoms with E-state index in [-0.39, 0.29) is 35.1 Å². The summed E-state index contributed by atoms with van der Waals surface area (Å²) < 4.78 is 5.41. The molecule has 4 aliphatic rings. The number of fused-ring (bicyclic) bond motifs is 5. The monoisotopic (exact) mass is 332 g/mol. The van der Waals surface area contributed by atoms with Gasteiger partial charge in [-0.1, -0.05) is 19.4 Å². The van der Waals surface area contributed by atoms with Gasteiger partial charge in [-0.3, -0.25) is 4.79 Å². The predicted octanol–water partition coefficient (Wildman–Crippen LogP) is 2.89. The van der Waals surface area contributed by atoms with Crippen LogP contribution in [-0.2, 0) is 14.3 Å². The zero-order chi connectivity index (χ0) is 17.1. The second kappa shape index (κ2) is 5.42. The quantitative estimate of drug-likeness (QED) is 0.790. The van der Waals surface area contributed by atoms with Crippen molar-refractivity contribution in [3.8, 4) is 0 Å². The van der Waals surface area contributed by atoms with E-state index in [1.807, 2.05) is 0 Å². The summed E-state index contributed by atoms with van der Waals surface area (Å²) >= 11 is 0. The van der Waals surface area contributed by atoms with Crippen molar-refractivity contribution in [2.45, 2.75) is 52.4 Å². The molecule has 1 aliphatic heterocycles. The van der Waals surface area contributed by atoms with E-state index in [2.05, 4.69) is 13.8 Å². The number of rotatable bonds is 2. The minimum absolute atomic E-state index is 0.0166. The van der Waals surface area contributed by atoms with Crippen LogP contribution in [0.4, 0.5) is 0 Å². The van der Waals surface area contributed by atoms with E-state index in [0.717, 1.165) is 38.5 Å². The average molecular weight is 332 g/mol. The van der Waals surface area contributed by atoms with Crippen molar-refractivity contribution in [1.82, 2.24) is 0 Å². The number of ether oxygens (including phenoxy) is 1. The molecule has 1 N–H and O–H groups in total. The first-order valence-electron chi connectivity index (χ1n) is 9.41. The summed E-state index contributed by atoms with van der Waals surface area (Å²) in [6.07, 6.45) is 8.02. The lowest BCUT2D eigenvalue weighted by molar-refractivity contribution is -0.149. The summed E-state index contributed by atoms with van der Waals surface area (Å²) in [5, 5.41) is 9.35. The van der Waals surface area contributed by atoms with Crippen LogP contribution in [0.3, 0.4) is 0 Å². The normalized spacial score (nSPS) is 47.1. The average Bonchev–Trinajstić information content (AvgIpc) is 2.92. The van der Waals surface area contributed by atoms with Crippen LogP contribution in [0.1, 0.15) is 52.4 Å². The number of hydrogen-bond acceptors (Lipinski definition) is 4. The molecule has 4 rings (SSSR count). The van der Waals surface area contributed by atoms with E-state index < -0.39 is 0 Å². The summed E-state index contributed by atoms with van der Waals surface area (Å²) in [7, 11) is 0. The molecule has 0 aromatic heterocycles. The largest absolute Gasteiger partial charge is 0.462 e. The first kappa shape index (κ1) is 16.3. The molecular formula is C20H28O4. The molecule has 0 amide bonds. The van der Waals surface area contributed by atoms with Crippen molar-refractivity contribution in [2.75, 3.05) is 13.2 Å². The number of Topliss-reactive ketones (excluding diaryl/α,β-unsaturated/α-hetero) is 1. The highest BCUT2D eigenvalue weighted by atomic mass is 16.5. The summed E-state index contributed by atoms with van der Waals surface area (Å²) in [5.41, 5.74) is 1.31. The van der Waals surface area contributed by atoms with Crippen LogP contribution < -0.4 is 0 Å². The van der Waals surface area contributed by atoms with Crippen molar-refractivity contribution in [3.63, 3.8) is 0 Å². The minimum atomic E-state index is -0.318. The first-order chi connectivity index (χ1) is 11.4. The Morgan fingerprint density at radius 2 is 2.04 bits per heavy atom. The van der Waals surface area contributed by atoms with Gasteiger partial charge in [0.05, 0.1) is 0 Å². The Balaban J connectivity index is 1.65. The maximum atomic E-state index is 12.2. The van der Waals surface area contributed by atoms with E-state index in [1.165, 1.54) is 5.57 Å². The molecule has 0 aromatic rings. The summed E-state index contributed by atoms with van der Waals surface area (Å²) in [5.74, 6) is 1.60. The fraction of sp³-hybridized carbons (Fsp3) is 0.800. The maximum absolute atomic E-state index is 12.2. The number of carbonyl (C=O) groups is 2. The minimum Gasteiger partial charge on any atom is -0.462 e. The lowest BCUT2D eigenvalue weighted by Crippen LogP contribution is -2.52. The number of hydrogen-bond donors (Lipinski definition) is 1. The van der Waals surface area contributed by atoms with E-state index in [0.29, 0.717) is 24.4 Å². The van der Waals surface area contributed by atoms with E-state index >= 15 is 0 Å². The second-order valence-corrected chi connectivity index (χ2v) is 8.91. The molecular weight excluding hydrogens is 304 g/mol. The standard InChI is InChI=1S/C20H28O4/c1-19-8-7-15-13(14(19)5-6-16(19)17(22)10-21)4-3-12-9-18(23)24-11-20(12,15)2/h9,13-16,21H,3-8,10-11H2,1-2H3/t13?,14?,15?,16?,19-,20-/m0/s1. The van der Waals surface area contributed by atoms with Gasteiger partial charge in [0.1, 0.15) is 13.2 Å². The molecule has 3 aliphatic carbocycles. The highest BCUT2D eigenvalue weighted by molar-refractivity contribution is 5.84. The SMILES string of the molecule is C[C@]12CCC3C(CCC4=CC(=O)OC[C@@]43C)C1CCC2C(=O)CO. The lowest BCUT2D eigenvalue weighted by Gasteiger charge is -2.57. The molecule has 4 heteroatoms. The number of ketones is 1. The highest BCUT2D eigenvalue weighted by Gasteiger charge is 2.60. The Bertz CT molecular complexity index is 609. The van der Waals surface area contributed by atoms with Crippen molar-refractivity contribution in [1.29, 1.82) is 0 Å². The zero-order valence-corrected chi connectivity index (χ0v) is 14.7. The van der Waals surface area contributed by atoms with Gasteiger partial charge in [0.2, 0.25) is 0 Å². The molecule has 0 radical (unpaired) electrons. The van der Waals surface area contributed by atoms with Gasteiger partial charge in [0.15, 0.2) is 5.78 Å². The fourth-order valence-corrected chi connectivity index (χ4v) is 6.81. The Morgan fingerprint density at radius 1 is 1.25 bits per heavy atom. The molecule has 1 heterocycles. The number of esters is 1. The fourth-order valence-electron chi connectivity index (χ4n) is 6.81. The van der Waals surface area contributed by atoms with Crippen LogP contribution in [0.25, 0.3) is 0 Å². The number of cyclic esters (lactones) is 1. The molecule has 132 valence electrons. The van der Waals surface area contributed by atoms with Crippen molar-refractivity contribution in [3.05, 3.63) is 11.6 Å². The number of aliphatic hydroxyl groups is 1. The van der Waals surface area contributed by atoms with Crippen LogP contribution >= 0.6 is 0 Å². The Hall–Kier alpha value is -1.16. The van der Waals surface area contributed by atoms with Crippen LogP contribution in [-0.4, -0.2) is 30.1 Å². The highest BCUT2D eigenvalue weighted by Crippen LogP contribution is 2.65. The molecule has 0 aromatic carbocycles.